The largest absolute Gasteiger partial charge is 0.495 e. The average molecular weight is 244 g/mol. The molecule has 18 heavy (non-hydrogen) atoms. The minimum absolute atomic E-state index is 0.0281. The van der Waals surface area contributed by atoms with E-state index in [-0.39, 0.29) is 5.91 Å². The molecule has 0 aliphatic carbocycles. The number of rotatable bonds is 5. The van der Waals surface area contributed by atoms with Gasteiger partial charge in [0.25, 0.3) is 0 Å². The molecule has 1 aromatic carbocycles. The Hall–Kier alpha value is -2.28. The van der Waals surface area contributed by atoms with Gasteiger partial charge in [0.1, 0.15) is 11.8 Å². The summed E-state index contributed by atoms with van der Waals surface area (Å²) in [4.78, 5) is 10.6. The van der Waals surface area contributed by atoms with Gasteiger partial charge in [-0.1, -0.05) is 18.2 Å². The van der Waals surface area contributed by atoms with E-state index in [1.54, 1.807) is 19.2 Å². The van der Waals surface area contributed by atoms with Gasteiger partial charge in [0, 0.05) is 13.5 Å². The quantitative estimate of drug-likeness (QED) is 0.807. The number of methoxy groups -OCH3 is 1. The zero-order chi connectivity index (χ0) is 13.4. The standard InChI is InChI=1S/C14H16N2O2/c1-11(17)16-8-4-3-5-12-6-7-14(18-2)13(9-12)10-15/h3,5-7,9H,4,8H2,1-2H3,(H,16,17). The number of nitriles is 1. The highest BCUT2D eigenvalue weighted by atomic mass is 16.5. The van der Waals surface area contributed by atoms with Crippen molar-refractivity contribution in [3.8, 4) is 11.8 Å². The first-order valence-corrected chi connectivity index (χ1v) is 5.66. The van der Waals surface area contributed by atoms with Crippen LogP contribution < -0.4 is 10.1 Å². The number of benzene rings is 1. The Bertz CT molecular complexity index is 487. The maximum absolute atomic E-state index is 10.6. The van der Waals surface area contributed by atoms with Crippen LogP contribution >= 0.6 is 0 Å². The number of hydrogen-bond donors (Lipinski definition) is 1. The van der Waals surface area contributed by atoms with Gasteiger partial charge < -0.3 is 10.1 Å². The summed E-state index contributed by atoms with van der Waals surface area (Å²) < 4.78 is 5.07. The summed E-state index contributed by atoms with van der Waals surface area (Å²) in [5.74, 6) is 0.549. The molecule has 0 fully saturated rings. The molecular formula is C14H16N2O2. The Morgan fingerprint density at radius 3 is 2.94 bits per heavy atom. The monoisotopic (exact) mass is 244 g/mol. The normalized spacial score (nSPS) is 10.1. The van der Waals surface area contributed by atoms with Gasteiger partial charge >= 0.3 is 0 Å². The zero-order valence-electron chi connectivity index (χ0n) is 10.6. The van der Waals surface area contributed by atoms with Gasteiger partial charge in [0.2, 0.25) is 5.91 Å². The van der Waals surface area contributed by atoms with Crippen LogP contribution in [0.2, 0.25) is 0 Å². The van der Waals surface area contributed by atoms with Crippen LogP contribution in [0.1, 0.15) is 24.5 Å². The van der Waals surface area contributed by atoms with Crippen LogP contribution in [0.3, 0.4) is 0 Å². The van der Waals surface area contributed by atoms with E-state index in [0.717, 1.165) is 12.0 Å². The number of carbonyl (C=O) groups excluding carboxylic acids is 1. The van der Waals surface area contributed by atoms with E-state index >= 15 is 0 Å². The summed E-state index contributed by atoms with van der Waals surface area (Å²) in [7, 11) is 1.54. The number of carbonyl (C=O) groups is 1. The zero-order valence-corrected chi connectivity index (χ0v) is 10.6. The SMILES string of the molecule is COc1ccc(C=CCCNC(C)=O)cc1C#N. The van der Waals surface area contributed by atoms with Crippen molar-refractivity contribution >= 4 is 12.0 Å². The number of nitrogens with one attached hydrogen (secondary N) is 1. The second-order valence-electron chi connectivity index (χ2n) is 3.75. The van der Waals surface area contributed by atoms with Crippen LogP contribution in [-0.4, -0.2) is 19.6 Å². The molecule has 0 atom stereocenters. The molecule has 1 amide bonds. The highest BCUT2D eigenvalue weighted by Crippen LogP contribution is 2.19. The lowest BCUT2D eigenvalue weighted by Crippen LogP contribution is -2.20. The lowest BCUT2D eigenvalue weighted by Gasteiger charge is -2.03. The molecule has 1 N–H and O–H groups in total. The van der Waals surface area contributed by atoms with E-state index in [1.807, 2.05) is 18.2 Å². The first-order valence-electron chi connectivity index (χ1n) is 5.66. The predicted molar refractivity (Wildman–Crippen MR) is 70.0 cm³/mol. The Balaban J connectivity index is 2.60. The van der Waals surface area contributed by atoms with Crippen LogP contribution in [0.25, 0.3) is 6.08 Å². The van der Waals surface area contributed by atoms with Crippen molar-refractivity contribution in [3.05, 3.63) is 35.4 Å². The van der Waals surface area contributed by atoms with Crippen LogP contribution in [0.5, 0.6) is 5.75 Å². The first kappa shape index (κ1) is 13.8. The molecule has 1 rings (SSSR count). The third-order valence-corrected chi connectivity index (χ3v) is 2.34. The predicted octanol–water partition coefficient (Wildman–Crippen LogP) is 2.11. The Morgan fingerprint density at radius 1 is 1.56 bits per heavy atom. The molecule has 0 spiro atoms. The Kier molecular flexibility index (Phi) is 5.46. The van der Waals surface area contributed by atoms with E-state index in [2.05, 4.69) is 11.4 Å². The summed E-state index contributed by atoms with van der Waals surface area (Å²) in [6.45, 7) is 2.11. The molecule has 94 valence electrons. The maximum Gasteiger partial charge on any atom is 0.216 e. The smallest absolute Gasteiger partial charge is 0.216 e. The van der Waals surface area contributed by atoms with Crippen molar-refractivity contribution in [1.29, 1.82) is 5.26 Å². The van der Waals surface area contributed by atoms with E-state index in [1.165, 1.54) is 6.92 Å². The highest BCUT2D eigenvalue weighted by Gasteiger charge is 2.01. The van der Waals surface area contributed by atoms with Crippen LogP contribution in [0.15, 0.2) is 24.3 Å². The summed E-state index contributed by atoms with van der Waals surface area (Å²) in [6.07, 6.45) is 4.63. The molecule has 4 nitrogen and oxygen atoms in total. The summed E-state index contributed by atoms with van der Waals surface area (Å²) in [6, 6.07) is 7.51. The number of ether oxygens (including phenoxy) is 1. The van der Waals surface area contributed by atoms with Crippen LogP contribution in [0.4, 0.5) is 0 Å². The maximum atomic E-state index is 10.6. The third kappa shape index (κ3) is 4.30. The fraction of sp³-hybridized carbons (Fsp3) is 0.286. The van der Waals surface area contributed by atoms with E-state index in [0.29, 0.717) is 17.9 Å². The van der Waals surface area contributed by atoms with E-state index in [4.69, 9.17) is 10.00 Å². The second kappa shape index (κ2) is 7.13. The molecule has 0 aromatic heterocycles. The van der Waals surface area contributed by atoms with Gasteiger partial charge in [0.15, 0.2) is 0 Å². The Morgan fingerprint density at radius 2 is 2.33 bits per heavy atom. The second-order valence-corrected chi connectivity index (χ2v) is 3.75. The summed E-state index contributed by atoms with van der Waals surface area (Å²) >= 11 is 0. The van der Waals surface area contributed by atoms with E-state index < -0.39 is 0 Å². The summed E-state index contributed by atoms with van der Waals surface area (Å²) in [5, 5.41) is 11.7. The Labute approximate surface area is 107 Å². The summed E-state index contributed by atoms with van der Waals surface area (Å²) in [5.41, 5.74) is 1.46. The fourth-order valence-corrected chi connectivity index (χ4v) is 1.47. The number of nitrogens with zero attached hydrogens (tertiary/aromatic N) is 1. The molecule has 0 unspecified atom stereocenters. The third-order valence-electron chi connectivity index (χ3n) is 2.34. The molecular weight excluding hydrogens is 228 g/mol. The van der Waals surface area contributed by atoms with Gasteiger partial charge in [0.05, 0.1) is 12.7 Å². The van der Waals surface area contributed by atoms with Crippen molar-refractivity contribution in [2.45, 2.75) is 13.3 Å². The van der Waals surface area contributed by atoms with Gasteiger partial charge in [-0.05, 0) is 24.1 Å². The topological polar surface area (TPSA) is 62.1 Å². The molecule has 0 heterocycles. The van der Waals surface area contributed by atoms with Crippen molar-refractivity contribution in [1.82, 2.24) is 5.32 Å². The highest BCUT2D eigenvalue weighted by molar-refractivity contribution is 5.72. The van der Waals surface area contributed by atoms with Crippen molar-refractivity contribution in [2.24, 2.45) is 0 Å². The van der Waals surface area contributed by atoms with Gasteiger partial charge in [-0.15, -0.1) is 0 Å². The number of hydrogen-bond acceptors (Lipinski definition) is 3. The van der Waals surface area contributed by atoms with Crippen molar-refractivity contribution in [2.75, 3.05) is 13.7 Å². The van der Waals surface area contributed by atoms with Gasteiger partial charge in [-0.25, -0.2) is 0 Å². The van der Waals surface area contributed by atoms with Crippen LogP contribution in [-0.2, 0) is 4.79 Å². The van der Waals surface area contributed by atoms with Gasteiger partial charge in [-0.3, -0.25) is 4.79 Å². The minimum Gasteiger partial charge on any atom is -0.495 e. The molecule has 0 radical (unpaired) electrons. The fourth-order valence-electron chi connectivity index (χ4n) is 1.47. The lowest BCUT2D eigenvalue weighted by molar-refractivity contribution is -0.118. The van der Waals surface area contributed by atoms with Crippen molar-refractivity contribution in [3.63, 3.8) is 0 Å². The average Bonchev–Trinajstić information content (AvgIpc) is 2.37. The molecule has 4 heteroatoms. The van der Waals surface area contributed by atoms with Gasteiger partial charge in [-0.2, -0.15) is 5.26 Å². The molecule has 0 aliphatic rings. The van der Waals surface area contributed by atoms with Crippen molar-refractivity contribution < 1.29 is 9.53 Å². The van der Waals surface area contributed by atoms with E-state index in [9.17, 15) is 4.79 Å². The van der Waals surface area contributed by atoms with Crippen LogP contribution in [0, 0.1) is 11.3 Å². The molecule has 0 aliphatic heterocycles. The molecule has 1 aromatic rings. The first-order chi connectivity index (χ1) is 8.67. The molecule has 0 saturated carbocycles. The molecule has 0 saturated heterocycles. The minimum atomic E-state index is -0.0281. The number of amides is 1. The molecule has 0 bridgehead atoms. The lowest BCUT2D eigenvalue weighted by atomic mass is 10.1.